The Labute approximate surface area is 104 Å². The second-order valence-corrected chi connectivity index (χ2v) is 4.67. The van der Waals surface area contributed by atoms with Gasteiger partial charge in [-0.05, 0) is 36.1 Å². The van der Waals surface area contributed by atoms with Gasteiger partial charge in [0.15, 0.2) is 0 Å². The Morgan fingerprint density at radius 1 is 1.47 bits per heavy atom. The van der Waals surface area contributed by atoms with E-state index in [-0.39, 0.29) is 5.82 Å². The van der Waals surface area contributed by atoms with Crippen LogP contribution >= 0.6 is 11.8 Å². The molecule has 0 bridgehead atoms. The molecule has 0 amide bonds. The van der Waals surface area contributed by atoms with Gasteiger partial charge in [0.25, 0.3) is 0 Å². The van der Waals surface area contributed by atoms with E-state index in [4.69, 9.17) is 5.11 Å². The van der Waals surface area contributed by atoms with Crippen LogP contribution in [0.15, 0.2) is 24.3 Å². The first-order valence-electron chi connectivity index (χ1n) is 5.33. The van der Waals surface area contributed by atoms with Crippen molar-refractivity contribution in [1.82, 2.24) is 5.32 Å². The number of aliphatic carboxylic acids is 1. The van der Waals surface area contributed by atoms with Gasteiger partial charge in [0, 0.05) is 6.54 Å². The van der Waals surface area contributed by atoms with E-state index < -0.39 is 12.0 Å². The molecule has 0 unspecified atom stereocenters. The second kappa shape index (κ2) is 7.29. The number of hydrogen-bond donors (Lipinski definition) is 2. The molecule has 0 fully saturated rings. The summed E-state index contributed by atoms with van der Waals surface area (Å²) in [5.74, 6) is -0.333. The van der Waals surface area contributed by atoms with Crippen molar-refractivity contribution < 1.29 is 14.3 Å². The summed E-state index contributed by atoms with van der Waals surface area (Å²) in [5.41, 5.74) is 0.877. The van der Waals surface area contributed by atoms with E-state index in [1.54, 1.807) is 23.9 Å². The van der Waals surface area contributed by atoms with Crippen molar-refractivity contribution in [2.45, 2.75) is 19.0 Å². The molecule has 0 aliphatic carbocycles. The minimum atomic E-state index is -0.846. The van der Waals surface area contributed by atoms with E-state index in [0.29, 0.717) is 13.0 Å². The fourth-order valence-electron chi connectivity index (χ4n) is 1.39. The Hall–Kier alpha value is -1.07. The van der Waals surface area contributed by atoms with Crippen molar-refractivity contribution in [3.8, 4) is 0 Å². The lowest BCUT2D eigenvalue weighted by Gasteiger charge is -2.13. The lowest BCUT2D eigenvalue weighted by Crippen LogP contribution is -2.36. The van der Waals surface area contributed by atoms with Gasteiger partial charge in [0.05, 0.1) is 0 Å². The number of hydrogen-bond acceptors (Lipinski definition) is 3. The largest absolute Gasteiger partial charge is 0.480 e. The lowest BCUT2D eigenvalue weighted by molar-refractivity contribution is -0.139. The molecule has 1 rings (SSSR count). The van der Waals surface area contributed by atoms with Crippen molar-refractivity contribution in [1.29, 1.82) is 0 Å². The minimum Gasteiger partial charge on any atom is -0.480 e. The smallest absolute Gasteiger partial charge is 0.320 e. The Morgan fingerprint density at radius 3 is 2.65 bits per heavy atom. The van der Waals surface area contributed by atoms with Crippen LogP contribution in [-0.2, 0) is 11.3 Å². The molecule has 2 N–H and O–H groups in total. The normalized spacial score (nSPS) is 12.4. The molecular weight excluding hydrogens is 241 g/mol. The van der Waals surface area contributed by atoms with Gasteiger partial charge in [-0.15, -0.1) is 0 Å². The maximum atomic E-state index is 12.7. The molecule has 1 aromatic rings. The SMILES string of the molecule is CSCC[C@H](NCc1ccc(F)cc1)C(=O)O. The predicted molar refractivity (Wildman–Crippen MR) is 67.7 cm³/mol. The molecule has 0 spiro atoms. The first kappa shape index (κ1) is 14.0. The fourth-order valence-corrected chi connectivity index (χ4v) is 1.86. The molecule has 1 aromatic carbocycles. The van der Waals surface area contributed by atoms with E-state index in [0.717, 1.165) is 11.3 Å². The summed E-state index contributed by atoms with van der Waals surface area (Å²) < 4.78 is 12.7. The maximum Gasteiger partial charge on any atom is 0.320 e. The monoisotopic (exact) mass is 257 g/mol. The number of nitrogens with one attached hydrogen (secondary N) is 1. The Kier molecular flexibility index (Phi) is 6.00. The summed E-state index contributed by atoms with van der Waals surface area (Å²) in [6.07, 6.45) is 2.52. The number of thioether (sulfide) groups is 1. The third-order valence-electron chi connectivity index (χ3n) is 2.37. The zero-order chi connectivity index (χ0) is 12.7. The molecule has 0 heterocycles. The van der Waals surface area contributed by atoms with Crippen molar-refractivity contribution >= 4 is 17.7 Å². The summed E-state index contributed by atoms with van der Waals surface area (Å²) in [5, 5.41) is 11.9. The molecule has 3 nitrogen and oxygen atoms in total. The minimum absolute atomic E-state index is 0.286. The molecule has 0 aliphatic rings. The quantitative estimate of drug-likeness (QED) is 0.785. The highest BCUT2D eigenvalue weighted by molar-refractivity contribution is 7.98. The standard InChI is InChI=1S/C12H16FNO2S/c1-17-7-6-11(12(15)16)14-8-9-2-4-10(13)5-3-9/h2-5,11,14H,6-8H2,1H3,(H,15,16)/t11-/m0/s1. The van der Waals surface area contributed by atoms with Crippen LogP contribution in [-0.4, -0.2) is 29.1 Å². The molecule has 17 heavy (non-hydrogen) atoms. The molecule has 0 aliphatic heterocycles. The molecular formula is C12H16FNO2S. The highest BCUT2D eigenvalue weighted by atomic mass is 32.2. The van der Waals surface area contributed by atoms with Crippen LogP contribution in [0.2, 0.25) is 0 Å². The maximum absolute atomic E-state index is 12.7. The predicted octanol–water partition coefficient (Wildman–Crippen LogP) is 2.12. The van der Waals surface area contributed by atoms with Gasteiger partial charge >= 0.3 is 5.97 Å². The van der Waals surface area contributed by atoms with Crippen LogP contribution in [0.25, 0.3) is 0 Å². The highest BCUT2D eigenvalue weighted by Gasteiger charge is 2.15. The Bertz CT molecular complexity index is 356. The highest BCUT2D eigenvalue weighted by Crippen LogP contribution is 2.05. The Morgan fingerprint density at radius 2 is 2.12 bits per heavy atom. The lowest BCUT2D eigenvalue weighted by atomic mass is 10.2. The van der Waals surface area contributed by atoms with Gasteiger partial charge in [-0.3, -0.25) is 4.79 Å². The van der Waals surface area contributed by atoms with Gasteiger partial charge in [0.1, 0.15) is 11.9 Å². The van der Waals surface area contributed by atoms with E-state index >= 15 is 0 Å². The van der Waals surface area contributed by atoms with Crippen LogP contribution in [0.3, 0.4) is 0 Å². The molecule has 5 heteroatoms. The second-order valence-electron chi connectivity index (χ2n) is 3.68. The van der Waals surface area contributed by atoms with Gasteiger partial charge < -0.3 is 10.4 Å². The molecule has 0 aromatic heterocycles. The number of carboxylic acids is 1. The Balaban J connectivity index is 2.45. The number of carbonyl (C=O) groups is 1. The fraction of sp³-hybridized carbons (Fsp3) is 0.417. The number of carboxylic acid groups (broad SMARTS) is 1. The van der Waals surface area contributed by atoms with Crippen LogP contribution in [0, 0.1) is 5.82 Å². The third kappa shape index (κ3) is 5.19. The molecule has 0 radical (unpaired) electrons. The van der Waals surface area contributed by atoms with Crippen molar-refractivity contribution in [3.63, 3.8) is 0 Å². The van der Waals surface area contributed by atoms with E-state index in [9.17, 15) is 9.18 Å². The van der Waals surface area contributed by atoms with Gasteiger partial charge in [0.2, 0.25) is 0 Å². The van der Waals surface area contributed by atoms with Crippen LogP contribution < -0.4 is 5.32 Å². The third-order valence-corrected chi connectivity index (χ3v) is 3.02. The molecule has 0 saturated heterocycles. The zero-order valence-corrected chi connectivity index (χ0v) is 10.5. The van der Waals surface area contributed by atoms with E-state index in [2.05, 4.69) is 5.32 Å². The van der Waals surface area contributed by atoms with Crippen molar-refractivity contribution in [2.75, 3.05) is 12.0 Å². The van der Waals surface area contributed by atoms with Crippen molar-refractivity contribution in [3.05, 3.63) is 35.6 Å². The summed E-state index contributed by atoms with van der Waals surface area (Å²) in [6.45, 7) is 0.436. The van der Waals surface area contributed by atoms with Crippen LogP contribution in [0.5, 0.6) is 0 Å². The van der Waals surface area contributed by atoms with E-state index in [1.165, 1.54) is 12.1 Å². The topological polar surface area (TPSA) is 49.3 Å². The van der Waals surface area contributed by atoms with Crippen LogP contribution in [0.1, 0.15) is 12.0 Å². The summed E-state index contributed by atoms with van der Waals surface area (Å²) >= 11 is 1.62. The van der Waals surface area contributed by atoms with Gasteiger partial charge in [-0.1, -0.05) is 12.1 Å². The molecule has 94 valence electrons. The average Bonchev–Trinajstić information content (AvgIpc) is 2.31. The molecule has 0 saturated carbocycles. The van der Waals surface area contributed by atoms with Gasteiger partial charge in [-0.2, -0.15) is 11.8 Å². The molecule has 1 atom stereocenters. The number of benzene rings is 1. The van der Waals surface area contributed by atoms with Crippen molar-refractivity contribution in [2.24, 2.45) is 0 Å². The first-order valence-corrected chi connectivity index (χ1v) is 6.72. The van der Waals surface area contributed by atoms with Crippen LogP contribution in [0.4, 0.5) is 4.39 Å². The summed E-state index contributed by atoms with van der Waals surface area (Å²) in [4.78, 5) is 10.9. The van der Waals surface area contributed by atoms with E-state index in [1.807, 2.05) is 6.26 Å². The first-order chi connectivity index (χ1) is 8.13. The number of halogens is 1. The zero-order valence-electron chi connectivity index (χ0n) is 9.65. The number of rotatable bonds is 7. The summed E-state index contributed by atoms with van der Waals surface area (Å²) in [6, 6.07) is 5.49. The van der Waals surface area contributed by atoms with Gasteiger partial charge in [-0.25, -0.2) is 4.39 Å². The summed E-state index contributed by atoms with van der Waals surface area (Å²) in [7, 11) is 0. The average molecular weight is 257 g/mol.